The lowest BCUT2D eigenvalue weighted by Gasteiger charge is -2.42. The van der Waals surface area contributed by atoms with Crippen molar-refractivity contribution in [3.05, 3.63) is 64.2 Å². The van der Waals surface area contributed by atoms with Gasteiger partial charge in [-0.15, -0.1) is 0 Å². The summed E-state index contributed by atoms with van der Waals surface area (Å²) in [6.07, 6.45) is 0.705. The van der Waals surface area contributed by atoms with E-state index in [0.717, 1.165) is 11.1 Å². The Morgan fingerprint density at radius 3 is 2.54 bits per heavy atom. The molecule has 0 radical (unpaired) electrons. The molecule has 0 spiro atoms. The van der Waals surface area contributed by atoms with Crippen LogP contribution in [0.2, 0.25) is 0 Å². The van der Waals surface area contributed by atoms with E-state index in [2.05, 4.69) is 5.32 Å². The maximum atomic E-state index is 13.1. The minimum absolute atomic E-state index is 0.107. The molecule has 2 aromatic carbocycles. The lowest BCUT2D eigenvalue weighted by atomic mass is 9.88. The molecule has 2 atom stereocenters. The zero-order chi connectivity index (χ0) is 20.2. The Labute approximate surface area is 155 Å². The summed E-state index contributed by atoms with van der Waals surface area (Å²) >= 11 is 0. The molecule has 26 heavy (non-hydrogen) atoms. The summed E-state index contributed by atoms with van der Waals surface area (Å²) in [5, 5.41) is 12.8. The van der Waals surface area contributed by atoms with E-state index in [0.29, 0.717) is 29.7 Å². The summed E-state index contributed by atoms with van der Waals surface area (Å²) in [6, 6.07) is 6.38. The van der Waals surface area contributed by atoms with Crippen LogP contribution >= 0.6 is 0 Å². The van der Waals surface area contributed by atoms with Crippen molar-refractivity contribution in [2.45, 2.75) is 45.3 Å². The van der Waals surface area contributed by atoms with E-state index in [9.17, 15) is 14.7 Å². The number of nitrogens with one attached hydrogen (secondary N) is 1. The van der Waals surface area contributed by atoms with E-state index in [1.807, 2.05) is 24.3 Å². The third-order valence-corrected chi connectivity index (χ3v) is 5.37. The normalized spacial score (nSPS) is 22.9. The number of phenolic OH excluding ortho intramolecular Hbond substituents is 1. The molecule has 0 aromatic heterocycles. The zero-order valence-electron chi connectivity index (χ0n) is 16.8. The molecule has 5 nitrogen and oxygen atoms in total. The van der Waals surface area contributed by atoms with Crippen LogP contribution < -0.4 is 5.32 Å². The fourth-order valence-corrected chi connectivity index (χ4v) is 3.99. The summed E-state index contributed by atoms with van der Waals surface area (Å²) in [5.74, 6) is -0.681. The van der Waals surface area contributed by atoms with Crippen molar-refractivity contribution in [3.63, 3.8) is 0 Å². The zero-order valence-corrected chi connectivity index (χ0v) is 14.8. The standard InChI is InChI=1S/C21H22N2O3/c1-12-7-16(24)8-13(2)17(12)10-18-21(26)23-11-15-6-4-3-5-14(15)9-19(23)20(25)22-18/h3-8,18-19,24H,9-11H2,1-2H3,(H,22,25)/t18-,19?/m0/s1/i7T,8T. The van der Waals surface area contributed by atoms with E-state index >= 15 is 0 Å². The number of piperazine rings is 1. The molecule has 2 aliphatic rings. The number of nitrogens with zero attached hydrogens (tertiary/aromatic N) is 1. The van der Waals surface area contributed by atoms with Crippen molar-refractivity contribution >= 4 is 11.8 Å². The Kier molecular flexibility index (Phi) is 3.40. The van der Waals surface area contributed by atoms with Gasteiger partial charge in [-0.1, -0.05) is 24.3 Å². The van der Waals surface area contributed by atoms with Gasteiger partial charge in [0.25, 0.3) is 0 Å². The Hall–Kier alpha value is -2.82. The molecule has 5 heteroatoms. The molecule has 1 saturated heterocycles. The molecule has 0 bridgehead atoms. The molecule has 2 amide bonds. The Balaban J connectivity index is 1.66. The first-order valence-corrected chi connectivity index (χ1v) is 8.75. The fraction of sp³-hybridized carbons (Fsp3) is 0.333. The van der Waals surface area contributed by atoms with Gasteiger partial charge >= 0.3 is 0 Å². The van der Waals surface area contributed by atoms with E-state index in [1.165, 1.54) is 0 Å². The molecule has 0 saturated carbocycles. The monoisotopic (exact) mass is 354 g/mol. The predicted octanol–water partition coefficient (Wildman–Crippen LogP) is 2.00. The number of fused-ring (bicyclic) bond motifs is 2. The molecule has 134 valence electrons. The van der Waals surface area contributed by atoms with Crippen LogP contribution in [0.1, 0.15) is 30.6 Å². The van der Waals surface area contributed by atoms with Crippen LogP contribution in [-0.2, 0) is 29.0 Å². The first-order valence-electron chi connectivity index (χ1n) is 9.75. The van der Waals surface area contributed by atoms with E-state index in [1.54, 1.807) is 18.7 Å². The molecule has 1 fully saturated rings. The summed E-state index contributed by atoms with van der Waals surface area (Å²) in [4.78, 5) is 27.5. The number of hydrogen-bond donors (Lipinski definition) is 2. The largest absolute Gasteiger partial charge is 0.508 e. The van der Waals surface area contributed by atoms with Gasteiger partial charge in [-0.2, -0.15) is 0 Å². The van der Waals surface area contributed by atoms with E-state index in [4.69, 9.17) is 2.74 Å². The van der Waals surface area contributed by atoms with Gasteiger partial charge in [0.15, 0.2) is 0 Å². The molecular formula is C21H22N2O3. The van der Waals surface area contributed by atoms with E-state index in [-0.39, 0.29) is 36.1 Å². The van der Waals surface area contributed by atoms with Crippen molar-refractivity contribution in [2.24, 2.45) is 0 Å². The van der Waals surface area contributed by atoms with Crippen LogP contribution in [0.25, 0.3) is 0 Å². The van der Waals surface area contributed by atoms with Gasteiger partial charge < -0.3 is 15.3 Å². The highest BCUT2D eigenvalue weighted by Crippen LogP contribution is 2.28. The first-order chi connectivity index (χ1) is 13.3. The highest BCUT2D eigenvalue weighted by molar-refractivity contribution is 5.97. The third-order valence-electron chi connectivity index (χ3n) is 5.37. The van der Waals surface area contributed by atoms with Crippen LogP contribution in [-0.4, -0.2) is 33.9 Å². The summed E-state index contributed by atoms with van der Waals surface area (Å²) in [6.45, 7) is 3.79. The molecule has 2 heterocycles. The Bertz CT molecular complexity index is 976. The molecule has 1 unspecified atom stereocenters. The number of amides is 2. The highest BCUT2D eigenvalue weighted by Gasteiger charge is 2.42. The average molecular weight is 354 g/mol. The van der Waals surface area contributed by atoms with Gasteiger partial charge in [0, 0.05) is 19.4 Å². The van der Waals surface area contributed by atoms with Gasteiger partial charge in [0.2, 0.25) is 11.8 Å². The van der Waals surface area contributed by atoms with Gasteiger partial charge in [0.05, 0.1) is 2.74 Å². The SMILES string of the molecule is [3H]c1c(C)c(C[C@@H]2NC(=O)C3Cc4ccccc4CN3C2=O)c(C)c([3H])c1O. The molecule has 4 rings (SSSR count). The first kappa shape index (κ1) is 14.4. The second kappa shape index (κ2) is 6.16. The lowest BCUT2D eigenvalue weighted by molar-refractivity contribution is -0.150. The molecule has 2 N–H and O–H groups in total. The summed E-state index contributed by atoms with van der Waals surface area (Å²) in [7, 11) is 0. The van der Waals surface area contributed by atoms with Gasteiger partial charge in [-0.05, 0) is 53.7 Å². The summed E-state index contributed by atoms with van der Waals surface area (Å²) < 4.78 is 16.0. The van der Waals surface area contributed by atoms with Crippen LogP contribution in [0.3, 0.4) is 0 Å². The predicted molar refractivity (Wildman–Crippen MR) is 97.7 cm³/mol. The molecule has 0 aliphatic carbocycles. The Morgan fingerprint density at radius 1 is 1.19 bits per heavy atom. The number of carbonyl (C=O) groups excluding carboxylic acids is 2. The number of benzene rings is 2. The fourth-order valence-electron chi connectivity index (χ4n) is 3.99. The van der Waals surface area contributed by atoms with Crippen LogP contribution in [0.15, 0.2) is 36.4 Å². The number of aromatic hydroxyl groups is 1. The summed E-state index contributed by atoms with van der Waals surface area (Å²) in [5.41, 5.74) is 3.85. The highest BCUT2D eigenvalue weighted by atomic mass is 16.3. The van der Waals surface area contributed by atoms with Crippen molar-refractivity contribution < 1.29 is 17.4 Å². The van der Waals surface area contributed by atoms with E-state index < -0.39 is 12.1 Å². The Morgan fingerprint density at radius 2 is 1.85 bits per heavy atom. The second-order valence-corrected chi connectivity index (χ2v) is 7.05. The quantitative estimate of drug-likeness (QED) is 0.867. The van der Waals surface area contributed by atoms with Crippen LogP contribution in [0.4, 0.5) is 0 Å². The minimum atomic E-state index is -0.741. The number of carbonyl (C=O) groups is 2. The van der Waals surface area contributed by atoms with Crippen LogP contribution in [0.5, 0.6) is 5.75 Å². The molecular weight excluding hydrogens is 328 g/mol. The minimum Gasteiger partial charge on any atom is -0.508 e. The topological polar surface area (TPSA) is 69.6 Å². The average Bonchev–Trinajstić information content (AvgIpc) is 2.70. The van der Waals surface area contributed by atoms with Crippen molar-refractivity contribution in [1.29, 1.82) is 0 Å². The maximum Gasteiger partial charge on any atom is 0.246 e. The smallest absolute Gasteiger partial charge is 0.246 e. The van der Waals surface area contributed by atoms with Crippen molar-refractivity contribution in [2.75, 3.05) is 0 Å². The van der Waals surface area contributed by atoms with Crippen molar-refractivity contribution in [1.82, 2.24) is 10.2 Å². The van der Waals surface area contributed by atoms with Crippen molar-refractivity contribution in [3.8, 4) is 5.75 Å². The van der Waals surface area contributed by atoms with Crippen LogP contribution in [0, 0.1) is 13.8 Å². The second-order valence-electron chi connectivity index (χ2n) is 7.05. The molecule has 2 aliphatic heterocycles. The third kappa shape index (κ3) is 2.73. The van der Waals surface area contributed by atoms with Gasteiger partial charge in [0.1, 0.15) is 17.8 Å². The maximum absolute atomic E-state index is 13.1. The lowest BCUT2D eigenvalue weighted by Crippen LogP contribution is -2.65. The number of hydrogen-bond acceptors (Lipinski definition) is 3. The van der Waals surface area contributed by atoms with Gasteiger partial charge in [-0.25, -0.2) is 0 Å². The van der Waals surface area contributed by atoms with Gasteiger partial charge in [-0.3, -0.25) is 9.59 Å². The number of rotatable bonds is 2. The number of phenols is 1. The molecule has 2 aromatic rings.